The molecule has 1 heterocycles. The molecule has 1 amide bonds. The Hall–Kier alpha value is -1.06. The Bertz CT molecular complexity index is 408. The lowest BCUT2D eigenvalue weighted by Crippen LogP contribution is -2.47. The fourth-order valence-electron chi connectivity index (χ4n) is 4.39. The Morgan fingerprint density at radius 2 is 2.11 bits per heavy atom. The zero-order valence-corrected chi connectivity index (χ0v) is 11.2. The molecule has 0 aromatic rings. The highest BCUT2D eigenvalue weighted by Gasteiger charge is 2.77. The SMILES string of the molecule is CCOC(=O)N1C2C(=O)CC[C@@]3(C)CCCCC213. The lowest BCUT2D eigenvalue weighted by atomic mass is 9.59. The van der Waals surface area contributed by atoms with Crippen LogP contribution in [0, 0.1) is 5.41 Å². The monoisotopic (exact) mass is 251 g/mol. The van der Waals surface area contributed by atoms with Gasteiger partial charge in [-0.05, 0) is 31.6 Å². The van der Waals surface area contributed by atoms with E-state index >= 15 is 0 Å². The summed E-state index contributed by atoms with van der Waals surface area (Å²) in [6, 6.07) is -0.185. The van der Waals surface area contributed by atoms with Crippen LogP contribution in [0.15, 0.2) is 0 Å². The number of carbonyl (C=O) groups is 2. The summed E-state index contributed by atoms with van der Waals surface area (Å²) < 4.78 is 5.13. The highest BCUT2D eigenvalue weighted by atomic mass is 16.6. The first-order valence-electron chi connectivity index (χ1n) is 7.06. The number of Topliss-reactive ketones (excluding diaryl/α,β-unsaturated/α-hetero) is 1. The van der Waals surface area contributed by atoms with E-state index in [0.29, 0.717) is 13.0 Å². The van der Waals surface area contributed by atoms with Gasteiger partial charge in [-0.1, -0.05) is 19.8 Å². The topological polar surface area (TPSA) is 46.4 Å². The summed E-state index contributed by atoms with van der Waals surface area (Å²) in [4.78, 5) is 25.9. The Morgan fingerprint density at radius 3 is 2.83 bits per heavy atom. The third kappa shape index (κ3) is 1.26. The van der Waals surface area contributed by atoms with Crippen LogP contribution < -0.4 is 0 Å². The molecule has 0 aromatic heterocycles. The fraction of sp³-hybridized carbons (Fsp3) is 0.857. The van der Waals surface area contributed by atoms with Crippen molar-refractivity contribution in [2.75, 3.05) is 6.61 Å². The number of ether oxygens (including phenoxy) is 1. The van der Waals surface area contributed by atoms with E-state index in [0.717, 1.165) is 25.7 Å². The van der Waals surface area contributed by atoms with Gasteiger partial charge >= 0.3 is 6.09 Å². The Labute approximate surface area is 108 Å². The van der Waals surface area contributed by atoms with Crippen LogP contribution in [0.4, 0.5) is 4.79 Å². The number of ketones is 1. The van der Waals surface area contributed by atoms with Crippen molar-refractivity contribution in [1.29, 1.82) is 0 Å². The van der Waals surface area contributed by atoms with Crippen molar-refractivity contribution < 1.29 is 14.3 Å². The van der Waals surface area contributed by atoms with Crippen LogP contribution in [0.5, 0.6) is 0 Å². The van der Waals surface area contributed by atoms with Crippen LogP contribution in [0.1, 0.15) is 52.4 Å². The van der Waals surface area contributed by atoms with Crippen molar-refractivity contribution in [3.8, 4) is 0 Å². The molecule has 4 heteroatoms. The van der Waals surface area contributed by atoms with E-state index in [4.69, 9.17) is 4.74 Å². The first-order chi connectivity index (χ1) is 8.57. The van der Waals surface area contributed by atoms with E-state index in [1.54, 1.807) is 4.90 Å². The summed E-state index contributed by atoms with van der Waals surface area (Å²) in [5.41, 5.74) is -0.0799. The van der Waals surface area contributed by atoms with Gasteiger partial charge in [0.25, 0.3) is 0 Å². The fourth-order valence-corrected chi connectivity index (χ4v) is 4.39. The van der Waals surface area contributed by atoms with E-state index in [1.165, 1.54) is 6.42 Å². The van der Waals surface area contributed by atoms with E-state index < -0.39 is 0 Å². The predicted molar refractivity (Wildman–Crippen MR) is 66.2 cm³/mol. The molecular formula is C14H21NO3. The second-order valence-electron chi connectivity index (χ2n) is 6.13. The van der Waals surface area contributed by atoms with Gasteiger partial charge in [0.1, 0.15) is 6.04 Å². The molecule has 100 valence electrons. The first kappa shape index (κ1) is 12.0. The molecule has 0 N–H and O–H groups in total. The summed E-state index contributed by atoms with van der Waals surface area (Å²) >= 11 is 0. The van der Waals surface area contributed by atoms with Gasteiger partial charge in [-0.3, -0.25) is 9.69 Å². The smallest absolute Gasteiger partial charge is 0.411 e. The lowest BCUT2D eigenvalue weighted by molar-refractivity contribution is -0.122. The van der Waals surface area contributed by atoms with Crippen molar-refractivity contribution in [3.05, 3.63) is 0 Å². The van der Waals surface area contributed by atoms with E-state index in [9.17, 15) is 9.59 Å². The molecule has 1 saturated heterocycles. The molecule has 2 unspecified atom stereocenters. The molecule has 3 fully saturated rings. The van der Waals surface area contributed by atoms with Crippen molar-refractivity contribution in [3.63, 3.8) is 0 Å². The molecule has 1 spiro atoms. The lowest BCUT2D eigenvalue weighted by Gasteiger charge is -2.44. The third-order valence-electron chi connectivity index (χ3n) is 5.35. The minimum absolute atomic E-state index is 0.122. The molecule has 3 aliphatic rings. The second kappa shape index (κ2) is 3.72. The maximum absolute atomic E-state index is 12.1. The van der Waals surface area contributed by atoms with Crippen LogP contribution in [-0.4, -0.2) is 35.0 Å². The summed E-state index contributed by atoms with van der Waals surface area (Å²) in [7, 11) is 0. The third-order valence-corrected chi connectivity index (χ3v) is 5.35. The van der Waals surface area contributed by atoms with Gasteiger partial charge in [0, 0.05) is 6.42 Å². The van der Waals surface area contributed by atoms with Gasteiger partial charge < -0.3 is 4.74 Å². The standard InChI is InChI=1S/C14H21NO3/c1-3-18-12(17)15-11-10(16)6-9-13(2)7-4-5-8-14(11,13)15/h11H,3-9H2,1-2H3/t11?,13-,14?,15?/m1/s1. The Kier molecular flexibility index (Phi) is 2.48. The number of amides is 1. The van der Waals surface area contributed by atoms with Crippen LogP contribution in [0.3, 0.4) is 0 Å². The average Bonchev–Trinajstić information content (AvgIpc) is 3.02. The molecule has 3 rings (SSSR count). The molecule has 0 radical (unpaired) electrons. The molecule has 1 aliphatic heterocycles. The number of likely N-dealkylation sites (tertiary alicyclic amines) is 1. The molecule has 0 bridgehead atoms. The average molecular weight is 251 g/mol. The molecule has 4 nitrogen and oxygen atoms in total. The molecule has 2 aliphatic carbocycles. The highest BCUT2D eigenvalue weighted by Crippen LogP contribution is 2.65. The van der Waals surface area contributed by atoms with E-state index in [1.807, 2.05) is 6.92 Å². The van der Waals surface area contributed by atoms with Crippen LogP contribution >= 0.6 is 0 Å². The molecule has 0 aromatic carbocycles. The molecule has 2 saturated carbocycles. The quantitative estimate of drug-likeness (QED) is 0.673. The Morgan fingerprint density at radius 1 is 1.39 bits per heavy atom. The molecular weight excluding hydrogens is 230 g/mol. The maximum Gasteiger partial charge on any atom is 0.411 e. The number of nitrogens with zero attached hydrogens (tertiary/aromatic N) is 1. The van der Waals surface area contributed by atoms with Crippen molar-refractivity contribution in [2.45, 2.75) is 64.0 Å². The van der Waals surface area contributed by atoms with Gasteiger partial charge in [0.15, 0.2) is 5.78 Å². The van der Waals surface area contributed by atoms with Gasteiger partial charge in [-0.2, -0.15) is 0 Å². The zero-order chi connectivity index (χ0) is 13.0. The number of hydrogen-bond donors (Lipinski definition) is 0. The summed E-state index contributed by atoms with van der Waals surface area (Å²) in [6.45, 7) is 4.44. The highest BCUT2D eigenvalue weighted by molar-refractivity contribution is 5.96. The number of hydrogen-bond acceptors (Lipinski definition) is 3. The van der Waals surface area contributed by atoms with Crippen LogP contribution in [0.2, 0.25) is 0 Å². The van der Waals surface area contributed by atoms with Crippen molar-refractivity contribution in [2.24, 2.45) is 5.41 Å². The minimum atomic E-state index is -0.286. The second-order valence-corrected chi connectivity index (χ2v) is 6.13. The number of rotatable bonds is 1. The first-order valence-corrected chi connectivity index (χ1v) is 7.06. The summed E-state index contributed by atoms with van der Waals surface area (Å²) in [5, 5.41) is 0. The molecule has 18 heavy (non-hydrogen) atoms. The zero-order valence-electron chi connectivity index (χ0n) is 11.2. The van der Waals surface area contributed by atoms with Crippen LogP contribution in [-0.2, 0) is 9.53 Å². The Balaban J connectivity index is 1.94. The van der Waals surface area contributed by atoms with E-state index in [2.05, 4.69) is 6.92 Å². The largest absolute Gasteiger partial charge is 0.450 e. The van der Waals surface area contributed by atoms with Crippen molar-refractivity contribution >= 4 is 11.9 Å². The summed E-state index contributed by atoms with van der Waals surface area (Å²) in [5.74, 6) is 0.238. The van der Waals surface area contributed by atoms with Gasteiger partial charge in [0.05, 0.1) is 12.1 Å². The van der Waals surface area contributed by atoms with Gasteiger partial charge in [-0.25, -0.2) is 4.79 Å². The van der Waals surface area contributed by atoms with Crippen LogP contribution in [0.25, 0.3) is 0 Å². The van der Waals surface area contributed by atoms with Gasteiger partial charge in [-0.15, -0.1) is 0 Å². The predicted octanol–water partition coefficient (Wildman–Crippen LogP) is 2.51. The van der Waals surface area contributed by atoms with Crippen molar-refractivity contribution in [1.82, 2.24) is 4.90 Å². The number of carbonyl (C=O) groups excluding carboxylic acids is 2. The maximum atomic E-state index is 12.1. The molecule has 3 atom stereocenters. The van der Waals surface area contributed by atoms with E-state index in [-0.39, 0.29) is 28.9 Å². The van der Waals surface area contributed by atoms with Gasteiger partial charge in [0.2, 0.25) is 0 Å². The minimum Gasteiger partial charge on any atom is -0.450 e. The normalized spacial score (nSPS) is 42.0. The summed E-state index contributed by atoms with van der Waals surface area (Å²) in [6.07, 6.45) is 5.71.